The van der Waals surface area contributed by atoms with Gasteiger partial charge in [-0.3, -0.25) is 0 Å². The van der Waals surface area contributed by atoms with Crippen molar-refractivity contribution in [2.45, 2.75) is 26.8 Å². The Morgan fingerprint density at radius 2 is 1.67 bits per heavy atom. The molecule has 6 N–H and O–H groups in total. The van der Waals surface area contributed by atoms with Gasteiger partial charge < -0.3 is 17.3 Å². The Hall–Kier alpha value is -1.55. The van der Waals surface area contributed by atoms with Gasteiger partial charge in [0.25, 0.3) is 0 Å². The molecule has 1 aromatic rings. The molecule has 84 valence electrons. The van der Waals surface area contributed by atoms with Gasteiger partial charge in [-0.1, -0.05) is 38.1 Å². The third-order valence-electron chi connectivity index (χ3n) is 1.87. The van der Waals surface area contributed by atoms with Crippen LogP contribution in [0.15, 0.2) is 29.4 Å². The summed E-state index contributed by atoms with van der Waals surface area (Å²) in [5, 5.41) is 3.40. The van der Waals surface area contributed by atoms with Gasteiger partial charge in [0.05, 0.1) is 0 Å². The van der Waals surface area contributed by atoms with Crippen LogP contribution in [-0.2, 0) is 0 Å². The summed E-state index contributed by atoms with van der Waals surface area (Å²) < 4.78 is 0. The Labute approximate surface area is 91.1 Å². The average molecular weight is 208 g/mol. The fourth-order valence-electron chi connectivity index (χ4n) is 1.03. The van der Waals surface area contributed by atoms with E-state index in [-0.39, 0.29) is 6.04 Å². The van der Waals surface area contributed by atoms with E-state index in [4.69, 9.17) is 17.3 Å². The SMILES string of the molecule is CC.C[C@@H](N)c1ccc(/C(N)=N/N)cc1. The minimum Gasteiger partial charge on any atom is -0.382 e. The molecule has 1 aromatic carbocycles. The van der Waals surface area contributed by atoms with Crippen LogP contribution in [0, 0.1) is 0 Å². The average Bonchev–Trinajstić information content (AvgIpc) is 2.31. The van der Waals surface area contributed by atoms with Crippen molar-refractivity contribution in [1.29, 1.82) is 0 Å². The van der Waals surface area contributed by atoms with Gasteiger partial charge in [0.1, 0.15) is 5.84 Å². The first-order valence-electron chi connectivity index (χ1n) is 5.04. The minimum atomic E-state index is 0.0325. The highest BCUT2D eigenvalue weighted by molar-refractivity contribution is 5.97. The Kier molecular flexibility index (Phi) is 6.13. The van der Waals surface area contributed by atoms with Gasteiger partial charge in [-0.25, -0.2) is 0 Å². The van der Waals surface area contributed by atoms with Crippen LogP contribution in [0.3, 0.4) is 0 Å². The molecule has 0 spiro atoms. The molecule has 0 aliphatic carbocycles. The molecule has 0 fully saturated rings. The van der Waals surface area contributed by atoms with Crippen molar-refractivity contribution < 1.29 is 0 Å². The molecule has 0 aliphatic heterocycles. The quantitative estimate of drug-likeness (QED) is 0.296. The fourth-order valence-corrected chi connectivity index (χ4v) is 1.03. The Balaban J connectivity index is 0.000000921. The van der Waals surface area contributed by atoms with E-state index in [1.807, 2.05) is 45.0 Å². The zero-order valence-corrected chi connectivity index (χ0v) is 9.57. The number of nitrogens with two attached hydrogens (primary N) is 3. The second kappa shape index (κ2) is 6.84. The second-order valence-electron chi connectivity index (χ2n) is 2.93. The van der Waals surface area contributed by atoms with Gasteiger partial charge >= 0.3 is 0 Å². The molecule has 0 amide bonds. The van der Waals surface area contributed by atoms with E-state index in [1.165, 1.54) is 0 Å². The Bertz CT molecular complexity index is 301. The van der Waals surface area contributed by atoms with Crippen molar-refractivity contribution in [2.75, 3.05) is 0 Å². The summed E-state index contributed by atoms with van der Waals surface area (Å²) in [7, 11) is 0. The van der Waals surface area contributed by atoms with Crippen molar-refractivity contribution in [3.8, 4) is 0 Å². The number of nitrogens with zero attached hydrogens (tertiary/aromatic N) is 1. The summed E-state index contributed by atoms with van der Waals surface area (Å²) in [6, 6.07) is 7.57. The molecule has 0 unspecified atom stereocenters. The fraction of sp³-hybridized carbons (Fsp3) is 0.364. The highest BCUT2D eigenvalue weighted by Crippen LogP contribution is 2.10. The van der Waals surface area contributed by atoms with Gasteiger partial charge in [0.15, 0.2) is 0 Å². The molecule has 0 aromatic heterocycles. The first kappa shape index (κ1) is 13.4. The molecule has 0 saturated carbocycles. The number of benzene rings is 1. The predicted molar refractivity (Wildman–Crippen MR) is 65.3 cm³/mol. The van der Waals surface area contributed by atoms with Crippen LogP contribution < -0.4 is 17.3 Å². The molecule has 4 heteroatoms. The Morgan fingerprint density at radius 1 is 1.20 bits per heavy atom. The van der Waals surface area contributed by atoms with Crippen LogP contribution in [0.1, 0.15) is 37.9 Å². The van der Waals surface area contributed by atoms with Gasteiger partial charge in [-0.15, -0.1) is 0 Å². The standard InChI is InChI=1S/C9H14N4.C2H6/c1-6(10)7-2-4-8(5-3-7)9(11)13-12;1-2/h2-6H,10,12H2,1H3,(H2,11,13);1-2H3/t6-;/m1./s1. The Morgan fingerprint density at radius 3 is 2.00 bits per heavy atom. The van der Waals surface area contributed by atoms with E-state index in [0.29, 0.717) is 5.84 Å². The van der Waals surface area contributed by atoms with Crippen molar-refractivity contribution in [2.24, 2.45) is 22.4 Å². The van der Waals surface area contributed by atoms with Gasteiger partial charge in [0.2, 0.25) is 0 Å². The van der Waals surface area contributed by atoms with Crippen LogP contribution in [0.4, 0.5) is 0 Å². The molecule has 1 rings (SSSR count). The molecule has 1 atom stereocenters. The predicted octanol–water partition coefficient (Wildman–Crippen LogP) is 1.31. The van der Waals surface area contributed by atoms with Crippen molar-refractivity contribution >= 4 is 5.84 Å². The molecular formula is C11H20N4. The lowest BCUT2D eigenvalue weighted by atomic mass is 10.1. The summed E-state index contributed by atoms with van der Waals surface area (Å²) >= 11 is 0. The number of hydrogen-bond donors (Lipinski definition) is 3. The van der Waals surface area contributed by atoms with Crippen molar-refractivity contribution in [3.05, 3.63) is 35.4 Å². The zero-order valence-electron chi connectivity index (χ0n) is 9.57. The van der Waals surface area contributed by atoms with E-state index in [2.05, 4.69) is 5.10 Å². The summed E-state index contributed by atoms with van der Waals surface area (Å²) in [4.78, 5) is 0. The van der Waals surface area contributed by atoms with E-state index >= 15 is 0 Å². The maximum Gasteiger partial charge on any atom is 0.150 e. The second-order valence-corrected chi connectivity index (χ2v) is 2.93. The maximum absolute atomic E-state index is 5.69. The summed E-state index contributed by atoms with van der Waals surface area (Å²) in [5.41, 5.74) is 13.1. The van der Waals surface area contributed by atoms with Crippen LogP contribution in [0.5, 0.6) is 0 Å². The van der Waals surface area contributed by atoms with Crippen LogP contribution in [0.25, 0.3) is 0 Å². The number of hydrazone groups is 1. The molecule has 0 heterocycles. The number of rotatable bonds is 2. The van der Waals surface area contributed by atoms with Gasteiger partial charge in [-0.2, -0.15) is 5.10 Å². The largest absolute Gasteiger partial charge is 0.382 e. The lowest BCUT2D eigenvalue weighted by Crippen LogP contribution is -2.15. The van der Waals surface area contributed by atoms with Crippen LogP contribution in [-0.4, -0.2) is 5.84 Å². The van der Waals surface area contributed by atoms with Crippen molar-refractivity contribution in [3.63, 3.8) is 0 Å². The topological polar surface area (TPSA) is 90.4 Å². The third-order valence-corrected chi connectivity index (χ3v) is 1.87. The van der Waals surface area contributed by atoms with E-state index in [9.17, 15) is 0 Å². The normalized spacial score (nSPS) is 12.7. The molecule has 0 bridgehead atoms. The van der Waals surface area contributed by atoms with Gasteiger partial charge in [-0.05, 0) is 12.5 Å². The highest BCUT2D eigenvalue weighted by atomic mass is 15.1. The van der Waals surface area contributed by atoms with E-state index in [0.717, 1.165) is 11.1 Å². The van der Waals surface area contributed by atoms with Crippen LogP contribution >= 0.6 is 0 Å². The first-order valence-corrected chi connectivity index (χ1v) is 5.04. The molecular weight excluding hydrogens is 188 g/mol. The third kappa shape index (κ3) is 3.99. The monoisotopic (exact) mass is 208 g/mol. The number of amidine groups is 1. The van der Waals surface area contributed by atoms with E-state index < -0.39 is 0 Å². The summed E-state index contributed by atoms with van der Waals surface area (Å²) in [6.45, 7) is 5.93. The van der Waals surface area contributed by atoms with Crippen LogP contribution in [0.2, 0.25) is 0 Å². The zero-order chi connectivity index (χ0) is 11.8. The first-order chi connectivity index (χ1) is 7.15. The molecule has 4 nitrogen and oxygen atoms in total. The lowest BCUT2D eigenvalue weighted by molar-refractivity contribution is 0.818. The van der Waals surface area contributed by atoms with Crippen molar-refractivity contribution in [1.82, 2.24) is 0 Å². The molecule has 15 heavy (non-hydrogen) atoms. The summed E-state index contributed by atoms with van der Waals surface area (Å²) in [5.74, 6) is 5.37. The maximum atomic E-state index is 5.69. The molecule has 0 aliphatic rings. The number of hydrogen-bond acceptors (Lipinski definition) is 3. The lowest BCUT2D eigenvalue weighted by Gasteiger charge is -2.05. The van der Waals surface area contributed by atoms with E-state index in [1.54, 1.807) is 0 Å². The highest BCUT2D eigenvalue weighted by Gasteiger charge is 2.00. The molecule has 0 radical (unpaired) electrons. The minimum absolute atomic E-state index is 0.0325. The smallest absolute Gasteiger partial charge is 0.150 e. The molecule has 0 saturated heterocycles. The van der Waals surface area contributed by atoms with Gasteiger partial charge in [0, 0.05) is 11.6 Å². The summed E-state index contributed by atoms with van der Waals surface area (Å²) in [6.07, 6.45) is 0.